The summed E-state index contributed by atoms with van der Waals surface area (Å²) in [7, 11) is 0. The largest absolute Gasteiger partial charge is 0.324 e. The lowest BCUT2D eigenvalue weighted by molar-refractivity contribution is 0.244. The number of benzene rings is 1. The number of hydrogen-bond donors (Lipinski definition) is 1. The molecule has 0 unspecified atom stereocenters. The summed E-state index contributed by atoms with van der Waals surface area (Å²) >= 11 is 0. The fourth-order valence-corrected chi connectivity index (χ4v) is 5.27. The Balaban J connectivity index is 1.40. The number of rotatable bonds is 5. The Morgan fingerprint density at radius 3 is 2.59 bits per heavy atom. The van der Waals surface area contributed by atoms with Crippen molar-refractivity contribution in [1.82, 2.24) is 29.2 Å². The minimum Gasteiger partial charge on any atom is -0.324 e. The highest BCUT2D eigenvalue weighted by Gasteiger charge is 2.31. The van der Waals surface area contributed by atoms with E-state index in [1.165, 1.54) is 24.0 Å². The second-order valence-corrected chi connectivity index (χ2v) is 11.7. The minimum atomic E-state index is -0.120. The van der Waals surface area contributed by atoms with Gasteiger partial charge in [-0.15, -0.1) is 0 Å². The Labute approximate surface area is 217 Å². The lowest BCUT2D eigenvalue weighted by atomic mass is 9.91. The van der Waals surface area contributed by atoms with Gasteiger partial charge in [-0.25, -0.2) is 14.3 Å². The van der Waals surface area contributed by atoms with Crippen molar-refractivity contribution < 1.29 is 0 Å². The number of aromatic nitrogens is 5. The number of nitrogens with one attached hydrogen (secondary N) is 1. The van der Waals surface area contributed by atoms with E-state index in [2.05, 4.69) is 59.2 Å². The maximum Gasteiger partial charge on any atom is 0.278 e. The van der Waals surface area contributed by atoms with Crippen molar-refractivity contribution in [2.24, 2.45) is 0 Å². The van der Waals surface area contributed by atoms with E-state index in [-0.39, 0.29) is 17.0 Å². The first-order valence-corrected chi connectivity index (χ1v) is 13.3. The average Bonchev–Trinajstić information content (AvgIpc) is 3.67. The van der Waals surface area contributed by atoms with Gasteiger partial charge in [0.15, 0.2) is 5.65 Å². The number of pyridine rings is 1. The smallest absolute Gasteiger partial charge is 0.278 e. The van der Waals surface area contributed by atoms with Gasteiger partial charge in [-0.3, -0.25) is 14.7 Å². The molecule has 4 heterocycles. The van der Waals surface area contributed by atoms with Crippen LogP contribution in [-0.2, 0) is 18.4 Å². The van der Waals surface area contributed by atoms with Gasteiger partial charge in [0.05, 0.1) is 5.69 Å². The van der Waals surface area contributed by atoms with Crippen LogP contribution in [0.1, 0.15) is 70.3 Å². The van der Waals surface area contributed by atoms with Crippen LogP contribution >= 0.6 is 0 Å². The molecule has 37 heavy (non-hydrogen) atoms. The molecule has 0 amide bonds. The van der Waals surface area contributed by atoms with Gasteiger partial charge in [0.25, 0.3) is 5.56 Å². The first kappa shape index (κ1) is 23.9. The second kappa shape index (κ2) is 8.80. The third kappa shape index (κ3) is 4.44. The molecule has 0 atom stereocenters. The van der Waals surface area contributed by atoms with Crippen LogP contribution in [0.5, 0.6) is 0 Å². The standard InChI is InChI=1S/C29H35N7O/c1-18(2)35-27(37)24-16-31-28(33-26(24)36(35)23-10-12-30-25(15-23)29(3,4)5)32-21-7-6-19-11-13-34(22-8-9-22)17-20(19)14-21/h6-7,10,12,14-16,18,22H,8-9,11,13,17H2,1-5H3,(H,31,32,33). The maximum absolute atomic E-state index is 13.4. The highest BCUT2D eigenvalue weighted by Crippen LogP contribution is 2.33. The van der Waals surface area contributed by atoms with Crippen LogP contribution in [0, 0.1) is 0 Å². The summed E-state index contributed by atoms with van der Waals surface area (Å²) in [5.41, 5.74) is 5.94. The van der Waals surface area contributed by atoms with E-state index in [0.717, 1.165) is 42.6 Å². The van der Waals surface area contributed by atoms with Gasteiger partial charge < -0.3 is 5.32 Å². The third-order valence-corrected chi connectivity index (χ3v) is 7.44. The van der Waals surface area contributed by atoms with E-state index < -0.39 is 0 Å². The Morgan fingerprint density at radius 1 is 1.05 bits per heavy atom. The highest BCUT2D eigenvalue weighted by atomic mass is 16.1. The van der Waals surface area contributed by atoms with Crippen LogP contribution in [0.15, 0.2) is 47.5 Å². The SMILES string of the molecule is CC(C)n1c(=O)c2cnc(Nc3ccc4c(c3)CN(C3CC3)CC4)nc2n1-c1ccnc(C(C)(C)C)c1. The molecule has 1 N–H and O–H groups in total. The van der Waals surface area contributed by atoms with Gasteiger partial charge in [-0.2, -0.15) is 4.98 Å². The summed E-state index contributed by atoms with van der Waals surface area (Å²) in [6.45, 7) is 12.6. The van der Waals surface area contributed by atoms with Crippen molar-refractivity contribution >= 4 is 22.7 Å². The second-order valence-electron chi connectivity index (χ2n) is 11.7. The van der Waals surface area contributed by atoms with Gasteiger partial charge in [0.2, 0.25) is 5.95 Å². The van der Waals surface area contributed by atoms with Crippen molar-refractivity contribution in [1.29, 1.82) is 0 Å². The monoisotopic (exact) mass is 497 g/mol. The fraction of sp³-hybridized carbons (Fsp3) is 0.448. The molecule has 8 heteroatoms. The predicted molar refractivity (Wildman–Crippen MR) is 147 cm³/mol. The topological polar surface area (TPSA) is 80.9 Å². The maximum atomic E-state index is 13.4. The molecular formula is C29H35N7O. The lowest BCUT2D eigenvalue weighted by Gasteiger charge is -2.29. The number of fused-ring (bicyclic) bond motifs is 2. The molecule has 1 fully saturated rings. The molecule has 1 aliphatic heterocycles. The summed E-state index contributed by atoms with van der Waals surface area (Å²) in [6, 6.07) is 11.2. The number of nitrogens with zero attached hydrogens (tertiary/aromatic N) is 6. The first-order valence-electron chi connectivity index (χ1n) is 13.3. The molecule has 2 aliphatic rings. The average molecular weight is 498 g/mol. The first-order chi connectivity index (χ1) is 17.7. The van der Waals surface area contributed by atoms with Gasteiger partial charge >= 0.3 is 0 Å². The van der Waals surface area contributed by atoms with Crippen molar-refractivity contribution in [2.75, 3.05) is 11.9 Å². The summed E-state index contributed by atoms with van der Waals surface area (Å²) in [6.07, 6.45) is 7.20. The molecule has 3 aromatic heterocycles. The van der Waals surface area contributed by atoms with E-state index in [0.29, 0.717) is 17.0 Å². The van der Waals surface area contributed by atoms with Crippen LogP contribution in [0.3, 0.4) is 0 Å². The van der Waals surface area contributed by atoms with Crippen molar-refractivity contribution in [3.8, 4) is 5.69 Å². The summed E-state index contributed by atoms with van der Waals surface area (Å²) in [5, 5.41) is 3.90. The zero-order chi connectivity index (χ0) is 25.9. The third-order valence-electron chi connectivity index (χ3n) is 7.44. The Bertz CT molecular complexity index is 1540. The Morgan fingerprint density at radius 2 is 1.86 bits per heavy atom. The molecular weight excluding hydrogens is 462 g/mol. The van der Waals surface area contributed by atoms with Crippen molar-refractivity contribution in [3.63, 3.8) is 0 Å². The zero-order valence-corrected chi connectivity index (χ0v) is 22.3. The molecule has 1 aromatic carbocycles. The minimum absolute atomic E-state index is 0.0561. The molecule has 1 aliphatic carbocycles. The van der Waals surface area contributed by atoms with Gasteiger partial charge in [-0.1, -0.05) is 26.8 Å². The molecule has 6 rings (SSSR count). The van der Waals surface area contributed by atoms with Crippen LogP contribution in [0.25, 0.3) is 16.7 Å². The molecule has 0 saturated heterocycles. The summed E-state index contributed by atoms with van der Waals surface area (Å²) in [5.74, 6) is 0.474. The molecule has 0 radical (unpaired) electrons. The van der Waals surface area contributed by atoms with E-state index >= 15 is 0 Å². The van der Waals surface area contributed by atoms with Crippen LogP contribution in [0.4, 0.5) is 11.6 Å². The van der Waals surface area contributed by atoms with Crippen LogP contribution in [-0.4, -0.2) is 41.8 Å². The van der Waals surface area contributed by atoms with E-state index in [1.54, 1.807) is 17.1 Å². The Kier molecular flexibility index (Phi) is 5.67. The molecule has 192 valence electrons. The van der Waals surface area contributed by atoms with E-state index in [1.807, 2.05) is 30.7 Å². The summed E-state index contributed by atoms with van der Waals surface area (Å²) < 4.78 is 3.66. The number of hydrogen-bond acceptors (Lipinski definition) is 6. The van der Waals surface area contributed by atoms with Gasteiger partial charge in [0.1, 0.15) is 5.39 Å². The van der Waals surface area contributed by atoms with E-state index in [4.69, 9.17) is 4.98 Å². The van der Waals surface area contributed by atoms with Crippen LogP contribution in [0.2, 0.25) is 0 Å². The molecule has 8 nitrogen and oxygen atoms in total. The lowest BCUT2D eigenvalue weighted by Crippen LogP contribution is -2.32. The van der Waals surface area contributed by atoms with Gasteiger partial charge in [-0.05, 0) is 68.5 Å². The quantitative estimate of drug-likeness (QED) is 0.412. The number of anilines is 2. The predicted octanol–water partition coefficient (Wildman–Crippen LogP) is 5.12. The molecule has 0 bridgehead atoms. The van der Waals surface area contributed by atoms with Crippen LogP contribution < -0.4 is 10.9 Å². The van der Waals surface area contributed by atoms with Gasteiger partial charge in [0, 0.05) is 54.4 Å². The van der Waals surface area contributed by atoms with Crippen molar-refractivity contribution in [3.05, 3.63) is 69.9 Å². The van der Waals surface area contributed by atoms with Crippen molar-refractivity contribution in [2.45, 2.75) is 77.9 Å². The Hall–Kier alpha value is -3.52. The normalized spacial score (nSPS) is 16.4. The molecule has 0 spiro atoms. The highest BCUT2D eigenvalue weighted by molar-refractivity contribution is 5.77. The van der Waals surface area contributed by atoms with E-state index in [9.17, 15) is 4.79 Å². The zero-order valence-electron chi connectivity index (χ0n) is 22.3. The molecule has 4 aromatic rings. The summed E-state index contributed by atoms with van der Waals surface area (Å²) in [4.78, 5) is 29.9. The molecule has 1 saturated carbocycles. The fourth-order valence-electron chi connectivity index (χ4n) is 5.27.